The molecule has 0 spiro atoms. The van der Waals surface area contributed by atoms with Crippen LogP contribution >= 0.6 is 0 Å². The number of aromatic nitrogens is 1. The number of ether oxygens (including phenoxy) is 2. The third kappa shape index (κ3) is 5.47. The Balaban J connectivity index is 2.05. The van der Waals surface area contributed by atoms with Crippen molar-refractivity contribution in [1.82, 2.24) is 10.3 Å². The molecule has 2 rings (SSSR count). The minimum absolute atomic E-state index is 0.0205. The SMILES string of the molecule is COc1ccnc(C(=O)N[C@@H](C)C(=O)O[C@@H](C)[C@H](c2ccccc2)C(C)C)c1O. The van der Waals surface area contributed by atoms with E-state index in [2.05, 4.69) is 24.1 Å². The monoisotopic (exact) mass is 400 g/mol. The van der Waals surface area contributed by atoms with Crippen molar-refractivity contribution in [3.8, 4) is 11.5 Å². The minimum atomic E-state index is -0.916. The molecule has 0 unspecified atom stereocenters. The van der Waals surface area contributed by atoms with Crippen LogP contribution in [0.4, 0.5) is 0 Å². The lowest BCUT2D eigenvalue weighted by atomic mass is 9.84. The molecule has 0 radical (unpaired) electrons. The van der Waals surface area contributed by atoms with Gasteiger partial charge in [0.05, 0.1) is 7.11 Å². The van der Waals surface area contributed by atoms with Gasteiger partial charge in [0.15, 0.2) is 17.2 Å². The van der Waals surface area contributed by atoms with E-state index in [0.29, 0.717) is 0 Å². The van der Waals surface area contributed by atoms with Gasteiger partial charge in [-0.3, -0.25) is 4.79 Å². The van der Waals surface area contributed by atoms with Gasteiger partial charge in [0, 0.05) is 18.2 Å². The number of aromatic hydroxyl groups is 1. The summed E-state index contributed by atoms with van der Waals surface area (Å²) in [7, 11) is 1.37. The van der Waals surface area contributed by atoms with Crippen LogP contribution in [-0.2, 0) is 9.53 Å². The van der Waals surface area contributed by atoms with Crippen LogP contribution in [0, 0.1) is 5.92 Å². The maximum atomic E-state index is 12.5. The molecule has 1 aromatic heterocycles. The normalized spacial score (nSPS) is 14.0. The van der Waals surface area contributed by atoms with E-state index in [4.69, 9.17) is 9.47 Å². The molecule has 1 heterocycles. The van der Waals surface area contributed by atoms with E-state index in [1.54, 1.807) is 0 Å². The molecule has 0 fully saturated rings. The predicted octanol–water partition coefficient (Wildman–Crippen LogP) is 3.29. The first-order valence-corrected chi connectivity index (χ1v) is 9.54. The molecule has 156 valence electrons. The first kappa shape index (κ1) is 22.2. The van der Waals surface area contributed by atoms with Crippen molar-refractivity contribution in [3.63, 3.8) is 0 Å². The highest BCUT2D eigenvalue weighted by Crippen LogP contribution is 2.30. The number of nitrogens with one attached hydrogen (secondary N) is 1. The molecule has 2 aromatic rings. The standard InChI is InChI=1S/C22H28N2O5/c1-13(2)18(16-9-7-6-8-10-16)15(4)29-22(27)14(3)24-21(26)19-20(25)17(28-5)11-12-23-19/h6-15,18,25H,1-5H3,(H,24,26)/t14-,15-,18+/m0/s1. The number of amides is 1. The zero-order chi connectivity index (χ0) is 21.6. The number of rotatable bonds is 8. The van der Waals surface area contributed by atoms with Crippen molar-refractivity contribution in [2.24, 2.45) is 5.92 Å². The molecule has 29 heavy (non-hydrogen) atoms. The molecule has 0 aliphatic heterocycles. The van der Waals surface area contributed by atoms with Gasteiger partial charge >= 0.3 is 5.97 Å². The molecule has 0 aliphatic rings. The smallest absolute Gasteiger partial charge is 0.328 e. The van der Waals surface area contributed by atoms with Gasteiger partial charge < -0.3 is 19.9 Å². The first-order chi connectivity index (χ1) is 13.8. The Bertz CT molecular complexity index is 838. The lowest BCUT2D eigenvalue weighted by Gasteiger charge is -2.28. The van der Waals surface area contributed by atoms with Gasteiger partial charge in [-0.25, -0.2) is 9.78 Å². The Morgan fingerprint density at radius 1 is 1.07 bits per heavy atom. The van der Waals surface area contributed by atoms with Crippen LogP contribution in [0.25, 0.3) is 0 Å². The van der Waals surface area contributed by atoms with Gasteiger partial charge in [0.1, 0.15) is 12.1 Å². The Morgan fingerprint density at radius 3 is 2.31 bits per heavy atom. The van der Waals surface area contributed by atoms with Crippen molar-refractivity contribution in [2.75, 3.05) is 7.11 Å². The fourth-order valence-corrected chi connectivity index (χ4v) is 3.32. The van der Waals surface area contributed by atoms with Crippen LogP contribution in [0.15, 0.2) is 42.6 Å². The summed E-state index contributed by atoms with van der Waals surface area (Å²) in [5.74, 6) is -1.24. The molecule has 3 atom stereocenters. The van der Waals surface area contributed by atoms with Gasteiger partial charge in [-0.2, -0.15) is 0 Å². The summed E-state index contributed by atoms with van der Waals surface area (Å²) in [4.78, 5) is 28.8. The molecular formula is C22H28N2O5. The van der Waals surface area contributed by atoms with Gasteiger partial charge in [-0.05, 0) is 25.3 Å². The fourth-order valence-electron chi connectivity index (χ4n) is 3.32. The van der Waals surface area contributed by atoms with Crippen LogP contribution in [0.1, 0.15) is 49.7 Å². The third-order valence-corrected chi connectivity index (χ3v) is 4.73. The predicted molar refractivity (Wildman–Crippen MR) is 109 cm³/mol. The Morgan fingerprint density at radius 2 is 1.72 bits per heavy atom. The Kier molecular flexibility index (Phi) is 7.59. The molecule has 0 aliphatic carbocycles. The molecule has 1 aromatic carbocycles. The van der Waals surface area contributed by atoms with Gasteiger partial charge in [0.2, 0.25) is 0 Å². The zero-order valence-corrected chi connectivity index (χ0v) is 17.4. The van der Waals surface area contributed by atoms with Crippen LogP contribution < -0.4 is 10.1 Å². The van der Waals surface area contributed by atoms with Crippen molar-refractivity contribution < 1.29 is 24.2 Å². The van der Waals surface area contributed by atoms with E-state index < -0.39 is 17.9 Å². The maximum absolute atomic E-state index is 12.5. The lowest BCUT2D eigenvalue weighted by Crippen LogP contribution is -2.42. The quantitative estimate of drug-likeness (QED) is 0.660. The minimum Gasteiger partial charge on any atom is -0.503 e. The second-order valence-corrected chi connectivity index (χ2v) is 7.23. The highest BCUT2D eigenvalue weighted by atomic mass is 16.5. The zero-order valence-electron chi connectivity index (χ0n) is 17.4. The number of methoxy groups -OCH3 is 1. The van der Waals surface area contributed by atoms with Crippen LogP contribution in [0.2, 0.25) is 0 Å². The van der Waals surface area contributed by atoms with E-state index in [1.165, 1.54) is 26.3 Å². The number of hydrogen-bond acceptors (Lipinski definition) is 6. The molecular weight excluding hydrogens is 372 g/mol. The lowest BCUT2D eigenvalue weighted by molar-refractivity contribution is -0.151. The molecule has 0 saturated heterocycles. The molecule has 1 amide bonds. The molecule has 7 heteroatoms. The highest BCUT2D eigenvalue weighted by molar-refractivity contribution is 5.97. The number of benzene rings is 1. The molecule has 2 N–H and O–H groups in total. The number of carbonyl (C=O) groups excluding carboxylic acids is 2. The van der Waals surface area contributed by atoms with E-state index in [-0.39, 0.29) is 35.1 Å². The molecule has 0 bridgehead atoms. The number of carbonyl (C=O) groups is 2. The number of nitrogens with zero attached hydrogens (tertiary/aromatic N) is 1. The van der Waals surface area contributed by atoms with Gasteiger partial charge in [-0.1, -0.05) is 44.2 Å². The number of esters is 1. The Labute approximate surface area is 171 Å². The van der Waals surface area contributed by atoms with Crippen LogP contribution in [0.3, 0.4) is 0 Å². The summed E-state index contributed by atoms with van der Waals surface area (Å²) in [6, 6.07) is 10.4. The van der Waals surface area contributed by atoms with Crippen molar-refractivity contribution in [2.45, 2.75) is 45.8 Å². The second-order valence-electron chi connectivity index (χ2n) is 7.23. The Hall–Kier alpha value is -3.09. The summed E-state index contributed by atoms with van der Waals surface area (Å²) in [5.41, 5.74) is 0.867. The topological polar surface area (TPSA) is 97.8 Å². The highest BCUT2D eigenvalue weighted by Gasteiger charge is 2.29. The maximum Gasteiger partial charge on any atom is 0.328 e. The van der Waals surface area contributed by atoms with Gasteiger partial charge in [0.25, 0.3) is 5.91 Å². The fraction of sp³-hybridized carbons (Fsp3) is 0.409. The van der Waals surface area contributed by atoms with Gasteiger partial charge in [-0.15, -0.1) is 0 Å². The van der Waals surface area contributed by atoms with E-state index in [1.807, 2.05) is 37.3 Å². The summed E-state index contributed by atoms with van der Waals surface area (Å²) in [6.45, 7) is 7.52. The summed E-state index contributed by atoms with van der Waals surface area (Å²) >= 11 is 0. The molecule has 0 saturated carbocycles. The second kappa shape index (κ2) is 9.91. The largest absolute Gasteiger partial charge is 0.503 e. The summed E-state index contributed by atoms with van der Waals surface area (Å²) in [5, 5.41) is 12.6. The van der Waals surface area contributed by atoms with Crippen LogP contribution in [0.5, 0.6) is 11.5 Å². The molecule has 7 nitrogen and oxygen atoms in total. The third-order valence-electron chi connectivity index (χ3n) is 4.73. The first-order valence-electron chi connectivity index (χ1n) is 9.54. The summed E-state index contributed by atoms with van der Waals surface area (Å²) in [6.07, 6.45) is 0.957. The summed E-state index contributed by atoms with van der Waals surface area (Å²) < 4.78 is 10.6. The van der Waals surface area contributed by atoms with Crippen molar-refractivity contribution in [1.29, 1.82) is 0 Å². The van der Waals surface area contributed by atoms with Crippen LogP contribution in [-0.4, -0.2) is 41.2 Å². The van der Waals surface area contributed by atoms with E-state index in [9.17, 15) is 14.7 Å². The average Bonchev–Trinajstić information content (AvgIpc) is 2.68. The average molecular weight is 400 g/mol. The number of hydrogen-bond donors (Lipinski definition) is 2. The number of pyridine rings is 1. The van der Waals surface area contributed by atoms with Crippen molar-refractivity contribution >= 4 is 11.9 Å². The van der Waals surface area contributed by atoms with E-state index in [0.717, 1.165) is 5.56 Å². The van der Waals surface area contributed by atoms with E-state index >= 15 is 0 Å². The van der Waals surface area contributed by atoms with Crippen molar-refractivity contribution in [3.05, 3.63) is 53.9 Å².